The quantitative estimate of drug-likeness (QED) is 0.137. The molecule has 0 bridgehead atoms. The Morgan fingerprint density at radius 2 is 1.26 bits per heavy atom. The molecule has 0 aliphatic carbocycles. The van der Waals surface area contributed by atoms with Crippen LogP contribution < -0.4 is 34.3 Å². The van der Waals surface area contributed by atoms with Gasteiger partial charge in [-0.3, -0.25) is 14.4 Å². The topological polar surface area (TPSA) is 121 Å². The van der Waals surface area contributed by atoms with Gasteiger partial charge in [0.2, 0.25) is 0 Å². The van der Waals surface area contributed by atoms with Gasteiger partial charge in [-0.2, -0.15) is 0 Å². The molecular formula is C36H34N2O8. The number of carbonyl (C=O) groups excluding carboxylic acids is 3. The molecule has 0 fully saturated rings. The molecule has 0 aliphatic rings. The Bertz CT molecular complexity index is 1760. The summed E-state index contributed by atoms with van der Waals surface area (Å²) in [7, 11) is 7.57. The summed E-state index contributed by atoms with van der Waals surface area (Å²) in [4.78, 5) is 39.5. The van der Waals surface area contributed by atoms with Gasteiger partial charge >= 0.3 is 0 Å². The van der Waals surface area contributed by atoms with Gasteiger partial charge in [0.15, 0.2) is 17.3 Å². The molecule has 46 heavy (non-hydrogen) atoms. The van der Waals surface area contributed by atoms with Crippen molar-refractivity contribution in [3.05, 3.63) is 119 Å². The predicted octanol–water partition coefficient (Wildman–Crippen LogP) is 6.04. The van der Waals surface area contributed by atoms with Crippen LogP contribution in [0.25, 0.3) is 12.2 Å². The molecule has 2 N–H and O–H groups in total. The van der Waals surface area contributed by atoms with Crippen molar-refractivity contribution in [1.82, 2.24) is 5.32 Å². The number of carbonyl (C=O) groups is 3. The molecule has 0 spiro atoms. The smallest absolute Gasteiger partial charge is 0.272 e. The molecule has 10 nitrogen and oxygen atoms in total. The highest BCUT2D eigenvalue weighted by molar-refractivity contribution is 6.11. The summed E-state index contributed by atoms with van der Waals surface area (Å²) in [6.07, 6.45) is 4.56. The Kier molecular flexibility index (Phi) is 11.2. The van der Waals surface area contributed by atoms with E-state index in [4.69, 9.17) is 23.7 Å². The maximum atomic E-state index is 13.6. The number of hydrogen-bond acceptors (Lipinski definition) is 8. The SMILES string of the molecule is COc1ccc(OC)c(/C=C/C(=O)c2ccc(NC(=O)/C(=C/c3cc(OC)c(OC)cc3OC)NC(=O)c3ccccc3)cc2)c1. The average molecular weight is 623 g/mol. The fourth-order valence-corrected chi connectivity index (χ4v) is 4.41. The highest BCUT2D eigenvalue weighted by Gasteiger charge is 2.18. The first-order valence-corrected chi connectivity index (χ1v) is 14.0. The summed E-state index contributed by atoms with van der Waals surface area (Å²) in [5.74, 6) is 1.11. The van der Waals surface area contributed by atoms with Gasteiger partial charge in [0.25, 0.3) is 11.8 Å². The minimum absolute atomic E-state index is 0.0605. The summed E-state index contributed by atoms with van der Waals surface area (Å²) < 4.78 is 26.9. The molecule has 0 saturated heterocycles. The van der Waals surface area contributed by atoms with E-state index in [0.717, 1.165) is 0 Å². The highest BCUT2D eigenvalue weighted by atomic mass is 16.5. The lowest BCUT2D eigenvalue weighted by Gasteiger charge is -2.15. The van der Waals surface area contributed by atoms with E-state index in [0.29, 0.717) is 56.7 Å². The number of methoxy groups -OCH3 is 5. The van der Waals surface area contributed by atoms with E-state index in [1.807, 2.05) is 0 Å². The van der Waals surface area contributed by atoms with Gasteiger partial charge in [0, 0.05) is 34.0 Å². The van der Waals surface area contributed by atoms with E-state index in [2.05, 4.69) is 10.6 Å². The molecule has 236 valence electrons. The second-order valence-electron chi connectivity index (χ2n) is 9.66. The number of rotatable bonds is 13. The summed E-state index contributed by atoms with van der Waals surface area (Å²) in [6.45, 7) is 0. The average Bonchev–Trinajstić information content (AvgIpc) is 3.10. The van der Waals surface area contributed by atoms with Crippen molar-refractivity contribution in [2.24, 2.45) is 0 Å². The molecule has 4 aromatic carbocycles. The van der Waals surface area contributed by atoms with E-state index in [1.54, 1.807) is 105 Å². The van der Waals surface area contributed by atoms with Crippen LogP contribution in [0.2, 0.25) is 0 Å². The monoisotopic (exact) mass is 622 g/mol. The summed E-state index contributed by atoms with van der Waals surface area (Å²) >= 11 is 0. The predicted molar refractivity (Wildman–Crippen MR) is 176 cm³/mol. The van der Waals surface area contributed by atoms with Crippen LogP contribution in [-0.2, 0) is 4.79 Å². The molecule has 0 aliphatic heterocycles. The first-order valence-electron chi connectivity index (χ1n) is 14.0. The number of allylic oxidation sites excluding steroid dienone is 1. The third-order valence-corrected chi connectivity index (χ3v) is 6.84. The molecule has 10 heteroatoms. The van der Waals surface area contributed by atoms with Crippen molar-refractivity contribution >= 4 is 35.4 Å². The Hall–Kier alpha value is -6.03. The number of anilines is 1. The summed E-state index contributed by atoms with van der Waals surface area (Å²) in [6, 6.07) is 23.4. The van der Waals surface area contributed by atoms with E-state index >= 15 is 0 Å². The fourth-order valence-electron chi connectivity index (χ4n) is 4.41. The van der Waals surface area contributed by atoms with E-state index in [1.165, 1.54) is 33.5 Å². The van der Waals surface area contributed by atoms with E-state index < -0.39 is 11.8 Å². The first kappa shape index (κ1) is 32.9. The molecule has 2 amide bonds. The minimum Gasteiger partial charge on any atom is -0.497 e. The van der Waals surface area contributed by atoms with E-state index in [9.17, 15) is 14.4 Å². The van der Waals surface area contributed by atoms with Gasteiger partial charge in [-0.25, -0.2) is 0 Å². The molecule has 0 aromatic heterocycles. The summed E-state index contributed by atoms with van der Waals surface area (Å²) in [5, 5.41) is 5.48. The number of amides is 2. The third-order valence-electron chi connectivity index (χ3n) is 6.84. The zero-order valence-electron chi connectivity index (χ0n) is 26.1. The second-order valence-corrected chi connectivity index (χ2v) is 9.66. The zero-order valence-corrected chi connectivity index (χ0v) is 26.1. The number of hydrogen-bond donors (Lipinski definition) is 2. The molecule has 4 rings (SSSR count). The van der Waals surface area contributed by atoms with Gasteiger partial charge < -0.3 is 34.3 Å². The first-order chi connectivity index (χ1) is 22.3. The van der Waals surface area contributed by atoms with Gasteiger partial charge in [0.05, 0.1) is 35.5 Å². The Balaban J connectivity index is 1.58. The Labute approximate surface area is 267 Å². The van der Waals surface area contributed by atoms with Crippen molar-refractivity contribution in [3.63, 3.8) is 0 Å². The van der Waals surface area contributed by atoms with Gasteiger partial charge in [0.1, 0.15) is 22.9 Å². The van der Waals surface area contributed by atoms with Gasteiger partial charge in [-0.05, 0) is 78.9 Å². The highest BCUT2D eigenvalue weighted by Crippen LogP contribution is 2.35. The Morgan fingerprint density at radius 3 is 1.89 bits per heavy atom. The lowest BCUT2D eigenvalue weighted by Crippen LogP contribution is -2.30. The molecule has 4 aromatic rings. The molecule has 0 atom stereocenters. The molecule has 0 radical (unpaired) electrons. The van der Waals surface area contributed by atoms with Gasteiger partial charge in [-0.1, -0.05) is 18.2 Å². The maximum absolute atomic E-state index is 13.6. The normalized spacial score (nSPS) is 11.0. The number of ketones is 1. The van der Waals surface area contributed by atoms with Crippen molar-refractivity contribution in [2.45, 2.75) is 0 Å². The summed E-state index contributed by atoms with van der Waals surface area (Å²) in [5.41, 5.74) is 2.25. The van der Waals surface area contributed by atoms with Crippen molar-refractivity contribution in [2.75, 3.05) is 40.9 Å². The lowest BCUT2D eigenvalue weighted by molar-refractivity contribution is -0.113. The number of benzene rings is 4. The van der Waals surface area contributed by atoms with Crippen LogP contribution in [0.15, 0.2) is 96.7 Å². The number of ether oxygens (including phenoxy) is 5. The lowest BCUT2D eigenvalue weighted by atomic mass is 10.1. The fraction of sp³-hybridized carbons (Fsp3) is 0.139. The third kappa shape index (κ3) is 8.11. The van der Waals surface area contributed by atoms with Crippen LogP contribution >= 0.6 is 0 Å². The van der Waals surface area contributed by atoms with Gasteiger partial charge in [-0.15, -0.1) is 0 Å². The standard InChI is InChI=1S/C36H34N2O8/c1-42-28-16-18-31(43-2)25(19-28)13-17-30(39)23-11-14-27(15-12-23)37-36(41)29(38-35(40)24-9-7-6-8-10-24)20-26-21-33(45-4)34(46-5)22-32(26)44-3/h6-22H,1-5H3,(H,37,41)(H,38,40)/b17-13+,29-20-. The maximum Gasteiger partial charge on any atom is 0.272 e. The van der Waals surface area contributed by atoms with Crippen LogP contribution in [0.5, 0.6) is 28.7 Å². The second kappa shape index (κ2) is 15.6. The van der Waals surface area contributed by atoms with Crippen molar-refractivity contribution in [1.29, 1.82) is 0 Å². The van der Waals surface area contributed by atoms with Crippen LogP contribution in [0, 0.1) is 0 Å². The van der Waals surface area contributed by atoms with Crippen molar-refractivity contribution in [3.8, 4) is 28.7 Å². The molecular weight excluding hydrogens is 588 g/mol. The largest absolute Gasteiger partial charge is 0.497 e. The molecule has 0 unspecified atom stereocenters. The van der Waals surface area contributed by atoms with Crippen LogP contribution in [0.1, 0.15) is 31.8 Å². The van der Waals surface area contributed by atoms with Crippen molar-refractivity contribution < 1.29 is 38.1 Å². The van der Waals surface area contributed by atoms with Crippen LogP contribution in [0.3, 0.4) is 0 Å². The Morgan fingerprint density at radius 1 is 0.609 bits per heavy atom. The number of nitrogens with one attached hydrogen (secondary N) is 2. The van der Waals surface area contributed by atoms with Crippen LogP contribution in [-0.4, -0.2) is 53.1 Å². The van der Waals surface area contributed by atoms with E-state index in [-0.39, 0.29) is 11.5 Å². The molecule has 0 saturated carbocycles. The minimum atomic E-state index is -0.606. The zero-order chi connectivity index (χ0) is 33.1. The van der Waals surface area contributed by atoms with Crippen LogP contribution in [0.4, 0.5) is 5.69 Å². The molecule has 0 heterocycles.